The zero-order valence-corrected chi connectivity index (χ0v) is 18.1. The van der Waals surface area contributed by atoms with Crippen LogP contribution in [0.15, 0.2) is 58.6 Å². The second kappa shape index (κ2) is 8.09. The molecule has 0 bridgehead atoms. The number of benzene rings is 2. The minimum Gasteiger partial charge on any atom is -0.382 e. The summed E-state index contributed by atoms with van der Waals surface area (Å²) in [5.74, 6) is -0.139. The fourth-order valence-corrected chi connectivity index (χ4v) is 6.07. The van der Waals surface area contributed by atoms with Crippen molar-refractivity contribution in [2.75, 3.05) is 24.5 Å². The van der Waals surface area contributed by atoms with E-state index in [-0.39, 0.29) is 5.91 Å². The van der Waals surface area contributed by atoms with Crippen LogP contribution >= 0.6 is 0 Å². The Morgan fingerprint density at radius 2 is 1.77 bits per heavy atom. The number of sulfonamides is 1. The van der Waals surface area contributed by atoms with Crippen LogP contribution < -0.4 is 4.90 Å². The summed E-state index contributed by atoms with van der Waals surface area (Å²) in [6.07, 6.45) is 3.28. The van der Waals surface area contributed by atoms with E-state index in [1.54, 1.807) is 27.4 Å². The van der Waals surface area contributed by atoms with Crippen LogP contribution in [0.1, 0.15) is 36.8 Å². The molecule has 0 saturated carbocycles. The van der Waals surface area contributed by atoms with E-state index >= 15 is 0 Å². The Morgan fingerprint density at radius 1 is 1.00 bits per heavy atom. The highest BCUT2D eigenvalue weighted by Gasteiger charge is 2.36. The van der Waals surface area contributed by atoms with Gasteiger partial charge in [-0.3, -0.25) is 4.79 Å². The number of nitrogens with zero attached hydrogens (tertiary/aromatic N) is 3. The smallest absolute Gasteiger partial charge is 0.271 e. The van der Waals surface area contributed by atoms with Gasteiger partial charge in [-0.2, -0.15) is 4.31 Å². The lowest BCUT2D eigenvalue weighted by atomic mass is 10.0. The lowest BCUT2D eigenvalue weighted by molar-refractivity contribution is -0.128. The van der Waals surface area contributed by atoms with Crippen molar-refractivity contribution in [1.29, 1.82) is 0 Å². The third-order valence-corrected chi connectivity index (χ3v) is 8.11. The van der Waals surface area contributed by atoms with Crippen LogP contribution in [0.25, 0.3) is 0 Å². The first-order valence-electron chi connectivity index (χ1n) is 10.8. The van der Waals surface area contributed by atoms with Crippen LogP contribution in [-0.4, -0.2) is 50.1 Å². The fourth-order valence-electron chi connectivity index (χ4n) is 4.51. The van der Waals surface area contributed by atoms with Gasteiger partial charge in [0, 0.05) is 31.7 Å². The maximum Gasteiger partial charge on any atom is 0.271 e. The van der Waals surface area contributed by atoms with Crippen molar-refractivity contribution in [3.63, 3.8) is 0 Å². The summed E-state index contributed by atoms with van der Waals surface area (Å²) in [5, 5.41) is 4.12. The monoisotopic (exact) mass is 439 g/mol. The molecule has 162 valence electrons. The van der Waals surface area contributed by atoms with E-state index in [0.29, 0.717) is 37.4 Å². The standard InChI is InChI=1S/C23H25N3O4S/c27-23(22-16-20(24-30-22)17-7-3-1-4-8-17)26-14-11-18-15-19(9-10-21(18)26)31(28,29)25-12-5-2-6-13-25/h1,3-4,7-10,15,22H,2,5-6,11-14,16H2. The van der Waals surface area contributed by atoms with E-state index in [1.165, 1.54) is 0 Å². The van der Waals surface area contributed by atoms with E-state index in [4.69, 9.17) is 4.84 Å². The van der Waals surface area contributed by atoms with E-state index in [2.05, 4.69) is 5.16 Å². The molecule has 3 aliphatic rings. The second-order valence-corrected chi connectivity index (χ2v) is 10.1. The fraction of sp³-hybridized carbons (Fsp3) is 0.391. The molecular formula is C23H25N3O4S. The Balaban J connectivity index is 1.32. The number of fused-ring (bicyclic) bond motifs is 1. The van der Waals surface area contributed by atoms with Crippen LogP contribution in [0, 0.1) is 0 Å². The number of carbonyl (C=O) groups excluding carboxylic acids is 1. The number of carbonyl (C=O) groups is 1. The first-order chi connectivity index (χ1) is 15.0. The average Bonchev–Trinajstić information content (AvgIpc) is 3.47. The summed E-state index contributed by atoms with van der Waals surface area (Å²) >= 11 is 0. The van der Waals surface area contributed by atoms with Crippen LogP contribution in [0.3, 0.4) is 0 Å². The maximum atomic E-state index is 13.1. The quantitative estimate of drug-likeness (QED) is 0.734. The van der Waals surface area contributed by atoms with Gasteiger partial charge in [-0.15, -0.1) is 0 Å². The number of hydrogen-bond donors (Lipinski definition) is 0. The van der Waals surface area contributed by atoms with Gasteiger partial charge in [0.2, 0.25) is 16.1 Å². The number of piperidine rings is 1. The predicted octanol–water partition coefficient (Wildman–Crippen LogP) is 2.94. The molecule has 3 aliphatic heterocycles. The molecule has 1 amide bonds. The second-order valence-electron chi connectivity index (χ2n) is 8.20. The normalized spacial score (nSPS) is 21.5. The SMILES string of the molecule is O=C(C1CC(c2ccccc2)=NO1)N1CCc2cc(S(=O)(=O)N3CCCCC3)ccc21. The van der Waals surface area contributed by atoms with Crippen molar-refractivity contribution in [3.05, 3.63) is 59.7 Å². The van der Waals surface area contributed by atoms with Crippen molar-refractivity contribution >= 4 is 27.3 Å². The van der Waals surface area contributed by atoms with Gasteiger partial charge in [0.1, 0.15) is 0 Å². The molecule has 0 spiro atoms. The zero-order chi connectivity index (χ0) is 21.4. The molecule has 3 heterocycles. The molecule has 0 aliphatic carbocycles. The molecule has 0 N–H and O–H groups in total. The Labute approximate surface area is 182 Å². The summed E-state index contributed by atoms with van der Waals surface area (Å²) in [6, 6.07) is 14.8. The Morgan fingerprint density at radius 3 is 2.55 bits per heavy atom. The first kappa shape index (κ1) is 20.2. The van der Waals surface area contributed by atoms with Crippen molar-refractivity contribution in [3.8, 4) is 0 Å². The Bertz CT molecular complexity index is 1120. The molecule has 1 fully saturated rings. The minimum absolute atomic E-state index is 0.139. The number of oxime groups is 1. The molecule has 2 aromatic rings. The van der Waals surface area contributed by atoms with Gasteiger partial charge in [-0.05, 0) is 48.6 Å². The van der Waals surface area contributed by atoms with Crippen molar-refractivity contribution in [2.24, 2.45) is 5.16 Å². The largest absolute Gasteiger partial charge is 0.382 e. The summed E-state index contributed by atoms with van der Waals surface area (Å²) in [7, 11) is -3.49. The Kier molecular flexibility index (Phi) is 5.27. The van der Waals surface area contributed by atoms with Gasteiger partial charge >= 0.3 is 0 Å². The molecule has 7 nitrogen and oxygen atoms in total. The third kappa shape index (κ3) is 3.74. The van der Waals surface area contributed by atoms with Gasteiger partial charge < -0.3 is 9.74 Å². The molecule has 1 unspecified atom stereocenters. The van der Waals surface area contributed by atoms with E-state index in [1.807, 2.05) is 30.3 Å². The maximum absolute atomic E-state index is 13.1. The topological polar surface area (TPSA) is 79.3 Å². The van der Waals surface area contributed by atoms with Crippen LogP contribution in [0.4, 0.5) is 5.69 Å². The number of amides is 1. The number of anilines is 1. The van der Waals surface area contributed by atoms with Gasteiger partial charge in [0.15, 0.2) is 0 Å². The van der Waals surface area contributed by atoms with Crippen LogP contribution in [-0.2, 0) is 26.1 Å². The van der Waals surface area contributed by atoms with Gasteiger partial charge in [-0.25, -0.2) is 8.42 Å². The minimum atomic E-state index is -3.49. The Hall–Kier alpha value is -2.71. The lowest BCUT2D eigenvalue weighted by Gasteiger charge is -2.26. The van der Waals surface area contributed by atoms with Gasteiger partial charge in [-0.1, -0.05) is 41.9 Å². The molecule has 1 saturated heterocycles. The summed E-state index contributed by atoms with van der Waals surface area (Å²) in [5.41, 5.74) is 3.36. The molecule has 5 rings (SSSR count). The summed E-state index contributed by atoms with van der Waals surface area (Å²) in [6.45, 7) is 1.67. The highest BCUT2D eigenvalue weighted by Crippen LogP contribution is 2.33. The first-order valence-corrected chi connectivity index (χ1v) is 12.2. The average molecular weight is 440 g/mol. The lowest BCUT2D eigenvalue weighted by Crippen LogP contribution is -2.38. The van der Waals surface area contributed by atoms with Gasteiger partial charge in [0.25, 0.3) is 5.91 Å². The van der Waals surface area contributed by atoms with Crippen LogP contribution in [0.5, 0.6) is 0 Å². The van der Waals surface area contributed by atoms with Gasteiger partial charge in [0.05, 0.1) is 10.6 Å². The van der Waals surface area contributed by atoms with Crippen molar-refractivity contribution < 1.29 is 18.0 Å². The third-order valence-electron chi connectivity index (χ3n) is 6.22. The molecule has 1 atom stereocenters. The highest BCUT2D eigenvalue weighted by atomic mass is 32.2. The molecule has 31 heavy (non-hydrogen) atoms. The van der Waals surface area contributed by atoms with E-state index < -0.39 is 16.1 Å². The number of rotatable bonds is 4. The molecule has 0 aromatic heterocycles. The van der Waals surface area contributed by atoms with Crippen molar-refractivity contribution in [1.82, 2.24) is 4.31 Å². The van der Waals surface area contributed by atoms with E-state index in [0.717, 1.165) is 41.8 Å². The van der Waals surface area contributed by atoms with Crippen LogP contribution in [0.2, 0.25) is 0 Å². The number of hydrogen-bond acceptors (Lipinski definition) is 5. The highest BCUT2D eigenvalue weighted by molar-refractivity contribution is 7.89. The van der Waals surface area contributed by atoms with Crippen molar-refractivity contribution in [2.45, 2.75) is 43.1 Å². The molecular weight excluding hydrogens is 414 g/mol. The molecule has 0 radical (unpaired) electrons. The van der Waals surface area contributed by atoms with E-state index in [9.17, 15) is 13.2 Å². The molecule has 8 heteroatoms. The molecule has 2 aromatic carbocycles. The summed E-state index contributed by atoms with van der Waals surface area (Å²) in [4.78, 5) is 20.6. The predicted molar refractivity (Wildman–Crippen MR) is 118 cm³/mol. The zero-order valence-electron chi connectivity index (χ0n) is 17.2. The summed E-state index contributed by atoms with van der Waals surface area (Å²) < 4.78 is 27.6.